The van der Waals surface area contributed by atoms with Crippen LogP contribution in [0.5, 0.6) is 0 Å². The van der Waals surface area contributed by atoms with Crippen LogP contribution in [0.15, 0.2) is 6.20 Å². The fourth-order valence-corrected chi connectivity index (χ4v) is 1.43. The molecular weight excluding hydrogens is 242 g/mol. The Morgan fingerprint density at radius 3 is 2.67 bits per heavy atom. The van der Waals surface area contributed by atoms with E-state index in [0.717, 1.165) is 0 Å². The lowest BCUT2D eigenvalue weighted by Crippen LogP contribution is -2.25. The second-order valence-corrected chi connectivity index (χ2v) is 3.77. The van der Waals surface area contributed by atoms with Gasteiger partial charge < -0.3 is 25.3 Å². The molecule has 0 aliphatic rings. The molecule has 4 N–H and O–H groups in total. The first-order valence-corrected chi connectivity index (χ1v) is 5.12. The summed E-state index contributed by atoms with van der Waals surface area (Å²) in [4.78, 5) is 25.8. The highest BCUT2D eigenvalue weighted by Gasteiger charge is 2.25. The molecular formula is C10H15N3O5. The van der Waals surface area contributed by atoms with Gasteiger partial charge in [-0.1, -0.05) is 0 Å². The molecule has 0 bridgehead atoms. The number of aliphatic hydroxyl groups is 2. The van der Waals surface area contributed by atoms with Crippen molar-refractivity contribution in [3.05, 3.63) is 17.7 Å². The minimum atomic E-state index is -1.40. The van der Waals surface area contributed by atoms with Crippen molar-refractivity contribution in [1.29, 1.82) is 0 Å². The number of carbonyl (C=O) groups is 2. The van der Waals surface area contributed by atoms with Crippen LogP contribution in [-0.4, -0.2) is 44.9 Å². The highest BCUT2D eigenvalue weighted by molar-refractivity contribution is 5.85. The number of esters is 1. The number of nitrogens with zero attached hydrogens (tertiary/aromatic N) is 2. The number of hydrogen-bond donors (Lipinski definition) is 3. The molecule has 1 rings (SSSR count). The van der Waals surface area contributed by atoms with Crippen molar-refractivity contribution < 1.29 is 24.5 Å². The normalized spacial score (nSPS) is 14.0. The van der Waals surface area contributed by atoms with Crippen LogP contribution in [0.25, 0.3) is 0 Å². The first kappa shape index (κ1) is 14.1. The number of amides is 1. The van der Waals surface area contributed by atoms with Gasteiger partial charge in [-0.05, 0) is 0 Å². The predicted octanol–water partition coefficient (Wildman–Crippen LogP) is -1.52. The number of nitrogens with two attached hydrogens (primary N) is 1. The SMILES string of the molecule is COC(=O)c1nc(C(O)C(O)CC(N)=O)cn1C. The number of carbonyl (C=O) groups excluding carboxylic acids is 2. The fourth-order valence-electron chi connectivity index (χ4n) is 1.43. The van der Waals surface area contributed by atoms with Crippen molar-refractivity contribution in [3.8, 4) is 0 Å². The van der Waals surface area contributed by atoms with Crippen LogP contribution in [0.3, 0.4) is 0 Å². The van der Waals surface area contributed by atoms with Gasteiger partial charge in [0.1, 0.15) is 6.10 Å². The van der Waals surface area contributed by atoms with Crippen molar-refractivity contribution in [3.63, 3.8) is 0 Å². The van der Waals surface area contributed by atoms with Gasteiger partial charge in [0, 0.05) is 13.2 Å². The summed E-state index contributed by atoms with van der Waals surface area (Å²) in [6, 6.07) is 0. The maximum absolute atomic E-state index is 11.3. The minimum absolute atomic E-state index is 0.0159. The second-order valence-electron chi connectivity index (χ2n) is 3.77. The topological polar surface area (TPSA) is 128 Å². The smallest absolute Gasteiger partial charge is 0.374 e. The lowest BCUT2D eigenvalue weighted by Gasteiger charge is -2.13. The molecule has 0 fully saturated rings. The van der Waals surface area contributed by atoms with Crippen molar-refractivity contribution >= 4 is 11.9 Å². The Morgan fingerprint density at radius 1 is 1.56 bits per heavy atom. The third-order valence-electron chi connectivity index (χ3n) is 2.34. The van der Waals surface area contributed by atoms with Crippen LogP contribution >= 0.6 is 0 Å². The third kappa shape index (κ3) is 3.05. The average Bonchev–Trinajstić information content (AvgIpc) is 2.68. The molecule has 0 saturated heterocycles. The molecule has 0 spiro atoms. The fraction of sp³-hybridized carbons (Fsp3) is 0.500. The average molecular weight is 257 g/mol. The second kappa shape index (κ2) is 5.61. The summed E-state index contributed by atoms with van der Waals surface area (Å²) in [5.74, 6) is -1.43. The third-order valence-corrected chi connectivity index (χ3v) is 2.34. The Kier molecular flexibility index (Phi) is 4.40. The number of hydrogen-bond acceptors (Lipinski definition) is 6. The molecule has 1 heterocycles. The zero-order valence-electron chi connectivity index (χ0n) is 10.0. The van der Waals surface area contributed by atoms with E-state index < -0.39 is 30.5 Å². The molecule has 2 unspecified atom stereocenters. The zero-order valence-corrected chi connectivity index (χ0v) is 10.0. The highest BCUT2D eigenvalue weighted by Crippen LogP contribution is 2.18. The van der Waals surface area contributed by atoms with Gasteiger partial charge in [-0.2, -0.15) is 0 Å². The number of aromatic nitrogens is 2. The number of primary amides is 1. The first-order chi connectivity index (χ1) is 8.36. The van der Waals surface area contributed by atoms with Crippen LogP contribution in [0.4, 0.5) is 0 Å². The van der Waals surface area contributed by atoms with Crippen molar-refractivity contribution in [2.24, 2.45) is 12.8 Å². The van der Waals surface area contributed by atoms with Crippen molar-refractivity contribution in [2.75, 3.05) is 7.11 Å². The van der Waals surface area contributed by atoms with Gasteiger partial charge in [0.05, 0.1) is 25.3 Å². The van der Waals surface area contributed by atoms with Gasteiger partial charge in [-0.15, -0.1) is 0 Å². The van der Waals surface area contributed by atoms with Crippen LogP contribution in [0, 0.1) is 0 Å². The number of aryl methyl sites for hydroxylation is 1. The Hall–Kier alpha value is -1.93. The van der Waals surface area contributed by atoms with E-state index in [0.29, 0.717) is 0 Å². The molecule has 18 heavy (non-hydrogen) atoms. The van der Waals surface area contributed by atoms with Crippen molar-refractivity contribution in [1.82, 2.24) is 9.55 Å². The lowest BCUT2D eigenvalue weighted by molar-refractivity contribution is -0.121. The summed E-state index contributed by atoms with van der Waals surface area (Å²) in [6.45, 7) is 0. The standard InChI is InChI=1S/C10H15N3O5/c1-13-4-5(12-9(13)10(17)18-2)8(16)6(14)3-7(11)15/h4,6,8,14,16H,3H2,1-2H3,(H2,11,15). The van der Waals surface area contributed by atoms with E-state index in [1.54, 1.807) is 0 Å². The van der Waals surface area contributed by atoms with Gasteiger partial charge in [0.25, 0.3) is 0 Å². The van der Waals surface area contributed by atoms with Crippen LogP contribution in [0.1, 0.15) is 28.8 Å². The molecule has 100 valence electrons. The minimum Gasteiger partial charge on any atom is -0.463 e. The van der Waals surface area contributed by atoms with E-state index in [1.807, 2.05) is 0 Å². The van der Waals surface area contributed by atoms with Crippen LogP contribution in [0.2, 0.25) is 0 Å². The van der Waals surface area contributed by atoms with E-state index >= 15 is 0 Å². The molecule has 0 saturated carbocycles. The Morgan fingerprint density at radius 2 is 2.17 bits per heavy atom. The lowest BCUT2D eigenvalue weighted by atomic mass is 10.1. The number of methoxy groups -OCH3 is 1. The molecule has 8 nitrogen and oxygen atoms in total. The summed E-state index contributed by atoms with van der Waals surface area (Å²) in [5, 5.41) is 19.3. The van der Waals surface area contributed by atoms with E-state index in [9.17, 15) is 19.8 Å². The monoisotopic (exact) mass is 257 g/mol. The Balaban J connectivity index is 2.90. The molecule has 0 aromatic carbocycles. The Bertz CT molecular complexity index is 456. The molecule has 1 amide bonds. The van der Waals surface area contributed by atoms with Gasteiger partial charge in [0.2, 0.25) is 11.7 Å². The number of rotatable bonds is 5. The van der Waals surface area contributed by atoms with Crippen molar-refractivity contribution in [2.45, 2.75) is 18.6 Å². The molecule has 8 heteroatoms. The number of ether oxygens (including phenoxy) is 1. The maximum Gasteiger partial charge on any atom is 0.374 e. The molecule has 2 atom stereocenters. The number of aliphatic hydroxyl groups excluding tert-OH is 2. The van der Waals surface area contributed by atoms with Gasteiger partial charge >= 0.3 is 5.97 Å². The van der Waals surface area contributed by atoms with E-state index in [4.69, 9.17) is 5.73 Å². The number of imidazole rings is 1. The summed E-state index contributed by atoms with van der Waals surface area (Å²) in [6.07, 6.45) is -1.81. The predicted molar refractivity (Wildman–Crippen MR) is 59.3 cm³/mol. The highest BCUT2D eigenvalue weighted by atomic mass is 16.5. The summed E-state index contributed by atoms with van der Waals surface area (Å²) >= 11 is 0. The first-order valence-electron chi connectivity index (χ1n) is 5.12. The summed E-state index contributed by atoms with van der Waals surface area (Å²) in [5.41, 5.74) is 4.97. The van der Waals surface area contributed by atoms with Gasteiger partial charge in [-0.25, -0.2) is 9.78 Å². The quantitative estimate of drug-likeness (QED) is 0.549. The molecule has 1 aromatic rings. The van der Waals surface area contributed by atoms with Crippen LogP contribution in [-0.2, 0) is 16.6 Å². The van der Waals surface area contributed by atoms with E-state index in [1.165, 1.54) is 24.9 Å². The summed E-state index contributed by atoms with van der Waals surface area (Å²) in [7, 11) is 2.74. The molecule has 0 aliphatic carbocycles. The van der Waals surface area contributed by atoms with E-state index in [-0.39, 0.29) is 11.5 Å². The Labute approximate surface area is 103 Å². The maximum atomic E-state index is 11.3. The molecule has 1 aromatic heterocycles. The zero-order chi connectivity index (χ0) is 13.9. The largest absolute Gasteiger partial charge is 0.463 e. The van der Waals surface area contributed by atoms with Gasteiger partial charge in [-0.3, -0.25) is 4.79 Å². The summed E-state index contributed by atoms with van der Waals surface area (Å²) < 4.78 is 5.84. The van der Waals surface area contributed by atoms with Crippen LogP contribution < -0.4 is 5.73 Å². The molecule has 0 aliphatic heterocycles. The van der Waals surface area contributed by atoms with Gasteiger partial charge in [0.15, 0.2) is 0 Å². The molecule has 0 radical (unpaired) electrons. The van der Waals surface area contributed by atoms with E-state index in [2.05, 4.69) is 9.72 Å².